The number of likely N-dealkylation sites (tertiary alicyclic amines) is 1. The molecule has 2 rings (SSSR count). The molecule has 2 N–H and O–H groups in total. The molecule has 0 radical (unpaired) electrons. The van der Waals surface area contributed by atoms with Gasteiger partial charge in [0.1, 0.15) is 0 Å². The molecule has 5 heteroatoms. The number of rotatable bonds is 4. The summed E-state index contributed by atoms with van der Waals surface area (Å²) in [4.78, 5) is 24.8. The SMILES string of the molecule is CCc1cccc(C)c1NC(=O)N1CCC(CC(=O)O)C1. The molecular weight excluding hydrogens is 268 g/mol. The maximum atomic E-state index is 12.3. The van der Waals surface area contributed by atoms with Crippen LogP contribution in [0.15, 0.2) is 18.2 Å². The number of aliphatic carboxylic acids is 1. The van der Waals surface area contributed by atoms with Gasteiger partial charge in [0.15, 0.2) is 0 Å². The molecule has 0 aliphatic carbocycles. The molecule has 1 atom stereocenters. The predicted octanol–water partition coefficient (Wildman–Crippen LogP) is 2.89. The summed E-state index contributed by atoms with van der Waals surface area (Å²) in [5.41, 5.74) is 3.04. The number of nitrogens with zero attached hydrogens (tertiary/aromatic N) is 1. The average Bonchev–Trinajstić information content (AvgIpc) is 2.88. The number of carboxylic acids is 1. The van der Waals surface area contributed by atoms with Crippen LogP contribution in [0.3, 0.4) is 0 Å². The maximum Gasteiger partial charge on any atom is 0.321 e. The third-order valence-corrected chi connectivity index (χ3v) is 4.01. The van der Waals surface area contributed by atoms with E-state index >= 15 is 0 Å². The van der Waals surface area contributed by atoms with E-state index in [1.165, 1.54) is 0 Å². The Bertz CT molecular complexity index is 542. The lowest BCUT2D eigenvalue weighted by atomic mass is 10.1. The fraction of sp³-hybridized carbons (Fsp3) is 0.500. The quantitative estimate of drug-likeness (QED) is 0.895. The van der Waals surface area contributed by atoms with Gasteiger partial charge in [-0.15, -0.1) is 0 Å². The van der Waals surface area contributed by atoms with E-state index in [-0.39, 0.29) is 18.4 Å². The van der Waals surface area contributed by atoms with Gasteiger partial charge in [0.05, 0.1) is 0 Å². The minimum absolute atomic E-state index is 0.0655. The van der Waals surface area contributed by atoms with E-state index in [4.69, 9.17) is 5.11 Å². The number of amides is 2. The number of benzene rings is 1. The Morgan fingerprint density at radius 1 is 1.43 bits per heavy atom. The summed E-state index contributed by atoms with van der Waals surface area (Å²) in [5, 5.41) is 11.8. The minimum atomic E-state index is -0.797. The van der Waals surface area contributed by atoms with Gasteiger partial charge < -0.3 is 15.3 Å². The highest BCUT2D eigenvalue weighted by Gasteiger charge is 2.28. The molecule has 1 unspecified atom stereocenters. The smallest absolute Gasteiger partial charge is 0.321 e. The standard InChI is InChI=1S/C16H22N2O3/c1-3-13-6-4-5-11(2)15(13)17-16(21)18-8-7-12(10-18)9-14(19)20/h4-6,12H,3,7-10H2,1-2H3,(H,17,21)(H,19,20). The molecule has 1 aliphatic rings. The Morgan fingerprint density at radius 3 is 2.86 bits per heavy atom. The van der Waals surface area contributed by atoms with E-state index in [0.29, 0.717) is 13.1 Å². The van der Waals surface area contributed by atoms with Crippen molar-refractivity contribution >= 4 is 17.7 Å². The molecule has 1 aliphatic heterocycles. The van der Waals surface area contributed by atoms with Crippen LogP contribution in [0.2, 0.25) is 0 Å². The number of aryl methyl sites for hydroxylation is 2. The van der Waals surface area contributed by atoms with Gasteiger partial charge in [0.2, 0.25) is 0 Å². The summed E-state index contributed by atoms with van der Waals surface area (Å²) < 4.78 is 0. The zero-order chi connectivity index (χ0) is 15.4. The summed E-state index contributed by atoms with van der Waals surface area (Å²) in [7, 11) is 0. The lowest BCUT2D eigenvalue weighted by Gasteiger charge is -2.19. The summed E-state index contributed by atoms with van der Waals surface area (Å²) in [6.45, 7) is 5.18. The summed E-state index contributed by atoms with van der Waals surface area (Å²) in [5.74, 6) is -0.731. The van der Waals surface area contributed by atoms with Crippen molar-refractivity contribution in [1.82, 2.24) is 4.90 Å². The van der Waals surface area contributed by atoms with Crippen LogP contribution < -0.4 is 5.32 Å². The van der Waals surface area contributed by atoms with Crippen LogP contribution in [0.4, 0.5) is 10.5 Å². The molecule has 1 aromatic carbocycles. The van der Waals surface area contributed by atoms with Gasteiger partial charge in [-0.25, -0.2) is 4.79 Å². The van der Waals surface area contributed by atoms with Crippen molar-refractivity contribution < 1.29 is 14.7 Å². The van der Waals surface area contributed by atoms with Gasteiger partial charge in [0.25, 0.3) is 0 Å². The zero-order valence-corrected chi connectivity index (χ0v) is 12.6. The average molecular weight is 290 g/mol. The number of carbonyl (C=O) groups is 2. The number of urea groups is 1. The summed E-state index contributed by atoms with van der Waals surface area (Å²) in [6, 6.07) is 5.85. The van der Waals surface area contributed by atoms with Gasteiger partial charge in [-0.1, -0.05) is 25.1 Å². The molecule has 21 heavy (non-hydrogen) atoms. The molecule has 0 aromatic heterocycles. The monoisotopic (exact) mass is 290 g/mol. The first-order valence-corrected chi connectivity index (χ1v) is 7.37. The number of hydrogen-bond donors (Lipinski definition) is 2. The highest BCUT2D eigenvalue weighted by Crippen LogP contribution is 2.24. The van der Waals surface area contributed by atoms with Crippen molar-refractivity contribution in [2.24, 2.45) is 5.92 Å². The molecule has 1 fully saturated rings. The minimum Gasteiger partial charge on any atom is -0.481 e. The highest BCUT2D eigenvalue weighted by atomic mass is 16.4. The molecule has 114 valence electrons. The third-order valence-electron chi connectivity index (χ3n) is 4.01. The lowest BCUT2D eigenvalue weighted by Crippen LogP contribution is -2.33. The van der Waals surface area contributed by atoms with E-state index in [2.05, 4.69) is 12.2 Å². The highest BCUT2D eigenvalue weighted by molar-refractivity contribution is 5.91. The number of carbonyl (C=O) groups excluding carboxylic acids is 1. The Kier molecular flexibility index (Phi) is 4.83. The van der Waals surface area contributed by atoms with Crippen molar-refractivity contribution in [1.29, 1.82) is 0 Å². The van der Waals surface area contributed by atoms with Crippen LogP contribution in [-0.2, 0) is 11.2 Å². The molecule has 1 aromatic rings. The van der Waals surface area contributed by atoms with Crippen molar-refractivity contribution in [2.45, 2.75) is 33.1 Å². The Hall–Kier alpha value is -2.04. The normalized spacial score (nSPS) is 17.8. The van der Waals surface area contributed by atoms with Gasteiger partial charge in [-0.3, -0.25) is 4.79 Å². The first-order chi connectivity index (χ1) is 10.0. The summed E-state index contributed by atoms with van der Waals surface area (Å²) >= 11 is 0. The topological polar surface area (TPSA) is 69.6 Å². The van der Waals surface area contributed by atoms with Crippen LogP contribution in [0, 0.1) is 12.8 Å². The molecule has 0 bridgehead atoms. The van der Waals surface area contributed by atoms with Gasteiger partial charge in [-0.05, 0) is 36.8 Å². The molecule has 5 nitrogen and oxygen atoms in total. The van der Waals surface area contributed by atoms with Crippen LogP contribution in [0.5, 0.6) is 0 Å². The summed E-state index contributed by atoms with van der Waals surface area (Å²) in [6.07, 6.45) is 1.75. The first-order valence-electron chi connectivity index (χ1n) is 7.37. The zero-order valence-electron chi connectivity index (χ0n) is 12.6. The number of hydrogen-bond acceptors (Lipinski definition) is 2. The van der Waals surface area contributed by atoms with E-state index in [0.717, 1.165) is 29.7 Å². The number of para-hydroxylation sites is 1. The molecule has 1 saturated heterocycles. The van der Waals surface area contributed by atoms with Gasteiger partial charge in [-0.2, -0.15) is 0 Å². The third kappa shape index (κ3) is 3.74. The second-order valence-corrected chi connectivity index (χ2v) is 5.59. The Balaban J connectivity index is 2.01. The fourth-order valence-electron chi connectivity index (χ4n) is 2.82. The fourth-order valence-corrected chi connectivity index (χ4v) is 2.82. The number of anilines is 1. The van der Waals surface area contributed by atoms with Crippen LogP contribution in [-0.4, -0.2) is 35.1 Å². The molecule has 0 saturated carbocycles. The Morgan fingerprint density at radius 2 is 2.19 bits per heavy atom. The second-order valence-electron chi connectivity index (χ2n) is 5.59. The van der Waals surface area contributed by atoms with E-state index in [1.54, 1.807) is 4.90 Å². The maximum absolute atomic E-state index is 12.3. The number of nitrogens with one attached hydrogen (secondary N) is 1. The van der Waals surface area contributed by atoms with Crippen molar-refractivity contribution in [3.05, 3.63) is 29.3 Å². The molecule has 2 amide bonds. The molecule has 1 heterocycles. The van der Waals surface area contributed by atoms with Crippen molar-refractivity contribution in [2.75, 3.05) is 18.4 Å². The van der Waals surface area contributed by atoms with Crippen LogP contribution in [0.25, 0.3) is 0 Å². The van der Waals surface area contributed by atoms with E-state index in [9.17, 15) is 9.59 Å². The first kappa shape index (κ1) is 15.4. The molecule has 0 spiro atoms. The lowest BCUT2D eigenvalue weighted by molar-refractivity contribution is -0.138. The van der Waals surface area contributed by atoms with E-state index < -0.39 is 5.97 Å². The van der Waals surface area contributed by atoms with Gasteiger partial charge >= 0.3 is 12.0 Å². The largest absolute Gasteiger partial charge is 0.481 e. The van der Waals surface area contributed by atoms with Crippen LogP contribution in [0.1, 0.15) is 30.9 Å². The van der Waals surface area contributed by atoms with E-state index in [1.807, 2.05) is 25.1 Å². The van der Waals surface area contributed by atoms with Gasteiger partial charge in [0, 0.05) is 25.2 Å². The Labute approximate surface area is 125 Å². The number of carboxylic acid groups (broad SMARTS) is 1. The van der Waals surface area contributed by atoms with Crippen molar-refractivity contribution in [3.63, 3.8) is 0 Å². The van der Waals surface area contributed by atoms with Crippen LogP contribution >= 0.6 is 0 Å². The second kappa shape index (κ2) is 6.61. The van der Waals surface area contributed by atoms with Crippen molar-refractivity contribution in [3.8, 4) is 0 Å². The predicted molar refractivity (Wildman–Crippen MR) is 81.5 cm³/mol. The molecular formula is C16H22N2O3.